The average molecular weight is 430 g/mol. The van der Waals surface area contributed by atoms with Gasteiger partial charge in [0, 0.05) is 6.42 Å². The van der Waals surface area contributed by atoms with Crippen molar-refractivity contribution in [3.8, 4) is 5.75 Å². The second-order valence-corrected chi connectivity index (χ2v) is 7.88. The summed E-state index contributed by atoms with van der Waals surface area (Å²) in [4.78, 5) is 28.5. The monoisotopic (exact) mass is 429 g/mol. The fourth-order valence-electron chi connectivity index (χ4n) is 4.29. The molecule has 32 heavy (non-hydrogen) atoms. The Hall–Kier alpha value is -3.60. The molecule has 0 spiro atoms. The molecule has 1 heterocycles. The highest BCUT2D eigenvalue weighted by Gasteiger charge is 2.55. The first-order chi connectivity index (χ1) is 15.6. The molecule has 0 saturated carbocycles. The summed E-state index contributed by atoms with van der Waals surface area (Å²) < 4.78 is 11.1. The molecule has 4 rings (SSSR count). The van der Waals surface area contributed by atoms with Gasteiger partial charge in [-0.15, -0.1) is 0 Å². The molecule has 3 aromatic carbocycles. The van der Waals surface area contributed by atoms with Crippen LogP contribution in [0.2, 0.25) is 0 Å². The molecule has 0 aromatic heterocycles. The predicted octanol–water partition coefficient (Wildman–Crippen LogP) is 5.31. The maximum atomic E-state index is 13.9. The molecule has 1 amide bonds. The lowest BCUT2D eigenvalue weighted by atomic mass is 9.82. The maximum Gasteiger partial charge on any atom is 0.415 e. The molecule has 1 saturated heterocycles. The van der Waals surface area contributed by atoms with E-state index in [0.717, 1.165) is 23.1 Å². The summed E-state index contributed by atoms with van der Waals surface area (Å²) in [5.74, 6) is 0.458. The molecule has 0 N–H and O–H groups in total. The summed E-state index contributed by atoms with van der Waals surface area (Å²) in [5.41, 5.74) is 2.14. The van der Waals surface area contributed by atoms with Crippen LogP contribution in [0.3, 0.4) is 0 Å². The Balaban J connectivity index is 1.82. The highest BCUT2D eigenvalue weighted by molar-refractivity contribution is 6.05. The number of aryl methyl sites for hydroxylation is 2. The lowest BCUT2D eigenvalue weighted by molar-refractivity contribution is -0.124. The summed E-state index contributed by atoms with van der Waals surface area (Å²) in [6.07, 6.45) is 1.11. The molecule has 1 atom stereocenters. The van der Waals surface area contributed by atoms with Crippen LogP contribution in [0.5, 0.6) is 5.75 Å². The Morgan fingerprint density at radius 3 is 2.34 bits per heavy atom. The molecule has 5 nitrogen and oxygen atoms in total. The van der Waals surface area contributed by atoms with Crippen molar-refractivity contribution in [3.63, 3.8) is 0 Å². The molecule has 1 aliphatic rings. The number of ether oxygens (including phenoxy) is 2. The Labute approximate surface area is 188 Å². The number of rotatable bonds is 8. The highest BCUT2D eigenvalue weighted by Crippen LogP contribution is 2.44. The molecular weight excluding hydrogens is 402 g/mol. The Bertz CT molecular complexity index is 1100. The molecule has 164 valence electrons. The third-order valence-corrected chi connectivity index (χ3v) is 6.06. The van der Waals surface area contributed by atoms with Gasteiger partial charge < -0.3 is 9.47 Å². The van der Waals surface area contributed by atoms with Gasteiger partial charge in [0.05, 0.1) is 12.8 Å². The van der Waals surface area contributed by atoms with E-state index in [1.54, 1.807) is 7.11 Å². The zero-order chi connectivity index (χ0) is 22.6. The summed E-state index contributed by atoms with van der Waals surface area (Å²) in [6.45, 7) is 2.01. The first-order valence-electron chi connectivity index (χ1n) is 10.9. The van der Waals surface area contributed by atoms with Gasteiger partial charge in [-0.2, -0.15) is 0 Å². The summed E-state index contributed by atoms with van der Waals surface area (Å²) in [5, 5.41) is 0. The van der Waals surface area contributed by atoms with Crippen LogP contribution in [-0.4, -0.2) is 25.6 Å². The molecule has 3 aromatic rings. The third kappa shape index (κ3) is 3.86. The Morgan fingerprint density at radius 2 is 1.69 bits per heavy atom. The number of benzene rings is 3. The lowest BCUT2D eigenvalue weighted by Crippen LogP contribution is -2.51. The van der Waals surface area contributed by atoms with Gasteiger partial charge in [0.2, 0.25) is 0 Å². The zero-order valence-corrected chi connectivity index (χ0v) is 18.4. The fourth-order valence-corrected chi connectivity index (χ4v) is 4.29. The van der Waals surface area contributed by atoms with Crippen LogP contribution >= 0.6 is 0 Å². The summed E-state index contributed by atoms with van der Waals surface area (Å²) in [6, 6.07) is 25.0. The van der Waals surface area contributed by atoms with Crippen molar-refractivity contribution in [1.29, 1.82) is 0 Å². The van der Waals surface area contributed by atoms with Crippen molar-refractivity contribution in [2.24, 2.45) is 0 Å². The van der Waals surface area contributed by atoms with E-state index in [2.05, 4.69) is 0 Å². The van der Waals surface area contributed by atoms with Gasteiger partial charge in [0.1, 0.15) is 12.4 Å². The van der Waals surface area contributed by atoms with Crippen LogP contribution in [0.1, 0.15) is 30.0 Å². The molecule has 1 fully saturated rings. The largest absolute Gasteiger partial charge is 0.495 e. The van der Waals surface area contributed by atoms with Crippen molar-refractivity contribution < 1.29 is 19.1 Å². The molecular formula is C27H27NO4. The zero-order valence-electron chi connectivity index (χ0n) is 18.4. The van der Waals surface area contributed by atoms with Crippen molar-refractivity contribution in [2.75, 3.05) is 18.6 Å². The number of carbonyl (C=O) groups is 2. The fraction of sp³-hybridized carbons (Fsp3) is 0.259. The van der Waals surface area contributed by atoms with Crippen LogP contribution in [0.25, 0.3) is 0 Å². The number of Topliss-reactive ketones (excluding diaryl/α,β-unsaturated/α-hetero) is 1. The topological polar surface area (TPSA) is 55.8 Å². The summed E-state index contributed by atoms with van der Waals surface area (Å²) in [7, 11) is 1.56. The number of ketones is 1. The van der Waals surface area contributed by atoms with Gasteiger partial charge in [0.25, 0.3) is 0 Å². The molecule has 0 aliphatic carbocycles. The highest BCUT2D eigenvalue weighted by atomic mass is 16.6. The SMILES string of the molecule is CCc1ccc(OC)c(N2C(=O)OC[C@]2(C(=O)CCc2ccccc2)c2ccccc2)c1. The number of cyclic esters (lactones) is 1. The van der Waals surface area contributed by atoms with E-state index in [9.17, 15) is 9.59 Å². The van der Waals surface area contributed by atoms with Crippen LogP contribution < -0.4 is 9.64 Å². The minimum Gasteiger partial charge on any atom is -0.495 e. The van der Waals surface area contributed by atoms with Crippen LogP contribution in [-0.2, 0) is 27.9 Å². The van der Waals surface area contributed by atoms with E-state index in [1.807, 2.05) is 85.8 Å². The van der Waals surface area contributed by atoms with Crippen molar-refractivity contribution in [2.45, 2.75) is 31.7 Å². The van der Waals surface area contributed by atoms with Gasteiger partial charge in [-0.25, -0.2) is 4.79 Å². The van der Waals surface area contributed by atoms with Gasteiger partial charge in [-0.05, 0) is 41.7 Å². The van der Waals surface area contributed by atoms with E-state index < -0.39 is 11.6 Å². The second-order valence-electron chi connectivity index (χ2n) is 7.88. The van der Waals surface area contributed by atoms with Crippen LogP contribution in [0.4, 0.5) is 10.5 Å². The number of nitrogens with zero attached hydrogens (tertiary/aromatic N) is 1. The van der Waals surface area contributed by atoms with E-state index >= 15 is 0 Å². The van der Waals surface area contributed by atoms with Gasteiger partial charge >= 0.3 is 6.09 Å². The van der Waals surface area contributed by atoms with Gasteiger partial charge in [-0.1, -0.05) is 73.7 Å². The number of hydrogen-bond acceptors (Lipinski definition) is 4. The summed E-state index contributed by atoms with van der Waals surface area (Å²) >= 11 is 0. The normalized spacial score (nSPS) is 17.8. The average Bonchev–Trinajstić information content (AvgIpc) is 3.21. The molecule has 1 aliphatic heterocycles. The van der Waals surface area contributed by atoms with Crippen LogP contribution in [0, 0.1) is 0 Å². The number of anilines is 1. The number of carbonyl (C=O) groups excluding carboxylic acids is 2. The first kappa shape index (κ1) is 21.6. The Kier molecular flexibility index (Phi) is 6.26. The van der Waals surface area contributed by atoms with E-state index in [-0.39, 0.29) is 18.8 Å². The number of methoxy groups -OCH3 is 1. The molecule has 0 radical (unpaired) electrons. The van der Waals surface area contributed by atoms with Crippen molar-refractivity contribution >= 4 is 17.6 Å². The lowest BCUT2D eigenvalue weighted by Gasteiger charge is -2.35. The molecule has 0 bridgehead atoms. The molecule has 0 unspecified atom stereocenters. The van der Waals surface area contributed by atoms with Gasteiger partial charge in [-0.3, -0.25) is 9.69 Å². The van der Waals surface area contributed by atoms with E-state index in [0.29, 0.717) is 17.9 Å². The van der Waals surface area contributed by atoms with E-state index in [1.165, 1.54) is 4.90 Å². The van der Waals surface area contributed by atoms with Crippen LogP contribution in [0.15, 0.2) is 78.9 Å². The standard InChI is InChI=1S/C27H27NO4/c1-3-20-14-16-24(31-2)23(18-20)28-26(30)32-19-27(28,22-12-8-5-9-13-22)25(29)17-15-21-10-6-4-7-11-21/h4-14,16,18H,3,15,17,19H2,1-2H3/t27-/m1/s1. The minimum absolute atomic E-state index is 0.0387. The van der Waals surface area contributed by atoms with E-state index in [4.69, 9.17) is 9.47 Å². The number of amides is 1. The number of hydrogen-bond donors (Lipinski definition) is 0. The Morgan fingerprint density at radius 1 is 1.00 bits per heavy atom. The van der Waals surface area contributed by atoms with Crippen molar-refractivity contribution in [3.05, 3.63) is 95.6 Å². The predicted molar refractivity (Wildman–Crippen MR) is 124 cm³/mol. The quantitative estimate of drug-likeness (QED) is 0.487. The van der Waals surface area contributed by atoms with Gasteiger partial charge in [0.15, 0.2) is 11.3 Å². The third-order valence-electron chi connectivity index (χ3n) is 6.06. The molecule has 5 heteroatoms. The first-order valence-corrected chi connectivity index (χ1v) is 10.9. The van der Waals surface area contributed by atoms with Crippen molar-refractivity contribution in [1.82, 2.24) is 0 Å². The second kappa shape index (κ2) is 9.27. The maximum absolute atomic E-state index is 13.9. The smallest absolute Gasteiger partial charge is 0.415 e. The minimum atomic E-state index is -1.26.